The Morgan fingerprint density at radius 2 is 0.742 bits per heavy atom. The lowest BCUT2D eigenvalue weighted by atomic mass is 9.98. The minimum absolute atomic E-state index is 0.171. The lowest BCUT2D eigenvalue weighted by Crippen LogP contribution is -2.10. The van der Waals surface area contributed by atoms with Gasteiger partial charge in [-0.05, 0) is 74.7 Å². The van der Waals surface area contributed by atoms with E-state index in [1.165, 1.54) is 0 Å². The number of benzene rings is 9. The largest absolute Gasteiger partial charge is 0.278 e. The topological polar surface area (TPSA) is 48.5 Å². The number of nitrogens with zero attached hydrogens (tertiary/aromatic N) is 5. The molecule has 5 nitrogen and oxygen atoms in total. The average Bonchev–Trinajstić information content (AvgIpc) is 1.53. The van der Waals surface area contributed by atoms with E-state index in [-0.39, 0.29) is 11.4 Å². The van der Waals surface area contributed by atoms with Crippen LogP contribution in [0.15, 0.2) is 224 Å². The Hall–Kier alpha value is -8.41. The van der Waals surface area contributed by atoms with Gasteiger partial charge in [0.15, 0.2) is 5.82 Å². The van der Waals surface area contributed by atoms with E-state index in [4.69, 9.17) is 34.1 Å². The summed E-state index contributed by atoms with van der Waals surface area (Å²) < 4.78 is 219. The van der Waals surface area contributed by atoms with Crippen molar-refractivity contribution in [2.45, 2.75) is 0 Å². The molecule has 0 aliphatic rings. The molecule has 0 N–H and O–H groups in total. The smallest absolute Gasteiger partial charge is 0.240 e. The fourth-order valence-electron chi connectivity index (χ4n) is 7.43. The summed E-state index contributed by atoms with van der Waals surface area (Å²) in [5.41, 5.74) is -1.36. The number of aromatic nitrogens is 5. The fourth-order valence-corrected chi connectivity index (χ4v) is 7.43. The molecule has 0 amide bonds. The molecule has 0 unspecified atom stereocenters. The maximum Gasteiger partial charge on any atom is 0.240 e. The number of hydrogen-bond donors (Lipinski definition) is 0. The predicted octanol–water partition coefficient (Wildman–Crippen LogP) is 14.4. The van der Waals surface area contributed by atoms with Gasteiger partial charge in [-0.15, -0.1) is 0 Å². The van der Waals surface area contributed by atoms with Crippen LogP contribution in [0.2, 0.25) is 0 Å². The molecule has 12 rings (SSSR count). The first-order chi connectivity index (χ1) is 40.7. The van der Waals surface area contributed by atoms with Gasteiger partial charge in [0, 0.05) is 27.1 Å². The van der Waals surface area contributed by atoms with Crippen molar-refractivity contribution < 1.29 is 32.9 Å². The Morgan fingerprint density at radius 1 is 0.306 bits per heavy atom. The normalized spacial score (nSPS) is 17.0. The van der Waals surface area contributed by atoms with Crippen LogP contribution >= 0.6 is 0 Å². The first-order valence-electron chi connectivity index (χ1n) is 31.0. The van der Waals surface area contributed by atoms with E-state index in [1.807, 2.05) is 54.6 Å². The summed E-state index contributed by atoms with van der Waals surface area (Å²) >= 11 is 0. The van der Waals surface area contributed by atoms with Crippen molar-refractivity contribution in [3.8, 4) is 67.8 Å². The number of para-hydroxylation sites is 2. The number of fused-ring (bicyclic) bond motifs is 6. The Kier molecular flexibility index (Phi) is 4.48. The summed E-state index contributed by atoms with van der Waals surface area (Å²) in [5, 5.41) is -1.82. The second-order valence-corrected chi connectivity index (χ2v) is 13.8. The molecule has 0 atom stereocenters. The van der Waals surface area contributed by atoms with E-state index in [2.05, 4.69) is 0 Å². The summed E-state index contributed by atoms with van der Waals surface area (Å²) in [6, 6.07) is 3.97. The van der Waals surface area contributed by atoms with Gasteiger partial charge in [0.05, 0.1) is 55.0 Å². The highest BCUT2D eigenvalue weighted by atomic mass is 15.3. The number of hydrogen-bond acceptors (Lipinski definition) is 3. The van der Waals surface area contributed by atoms with Crippen LogP contribution in [-0.2, 0) is 0 Å². The zero-order chi connectivity index (χ0) is 61.9. The highest BCUT2D eigenvalue weighted by Crippen LogP contribution is 2.38. The zero-order valence-corrected chi connectivity index (χ0v) is 31.7. The van der Waals surface area contributed by atoms with E-state index in [1.54, 1.807) is 24.3 Å². The lowest BCUT2D eigenvalue weighted by molar-refractivity contribution is 0.893. The highest BCUT2D eigenvalue weighted by Gasteiger charge is 2.21. The van der Waals surface area contributed by atoms with E-state index in [9.17, 15) is 13.7 Å². The van der Waals surface area contributed by atoms with Crippen LogP contribution in [0.25, 0.3) is 111 Å². The van der Waals surface area contributed by atoms with Gasteiger partial charge in [-0.25, -0.2) is 0 Å². The maximum absolute atomic E-state index is 9.96. The van der Waals surface area contributed by atoms with Gasteiger partial charge in [0.1, 0.15) is 0 Å². The second-order valence-electron chi connectivity index (χ2n) is 13.8. The molecule has 3 heterocycles. The second kappa shape index (κ2) is 14.7. The van der Waals surface area contributed by atoms with Crippen molar-refractivity contribution in [2.24, 2.45) is 0 Å². The quantitative estimate of drug-likeness (QED) is 0.161. The SMILES string of the molecule is [2H]c1c([2H])c([2H])c(-c2c([2H])c([2H])c3c4c([2H])c([2H])c([2H])c([2H])c4n(-c4nc(-c5ccc(-c6cccc(-c7ccccc7)c6)cc5)nc(-n5c6c([2H])c([2H])c([2H])c([2H])c6c6c([2H])c([2H])c(-c7c([2H])c([2H])c([2H])c([2H])c7[2H])c([2H])c65)n4)c3c2[2H])c([2H])c1[2H]. The van der Waals surface area contributed by atoms with Crippen LogP contribution in [0.1, 0.15) is 32.9 Å². The maximum atomic E-state index is 9.96. The van der Waals surface area contributed by atoms with Crippen molar-refractivity contribution >= 4 is 43.6 Å². The molecule has 0 spiro atoms. The van der Waals surface area contributed by atoms with Crippen LogP contribution in [0.3, 0.4) is 0 Å². The first-order valence-corrected chi connectivity index (χ1v) is 19.0. The predicted molar refractivity (Wildman–Crippen MR) is 256 cm³/mol. The molecule has 3 aromatic heterocycles. The molecule has 0 bridgehead atoms. The fraction of sp³-hybridized carbons (Fsp3) is 0. The molecule has 0 radical (unpaired) electrons. The number of rotatable bonds is 7. The van der Waals surface area contributed by atoms with E-state index in [0.717, 1.165) is 25.8 Å². The molecule has 5 heteroatoms. The van der Waals surface area contributed by atoms with Gasteiger partial charge in [-0.3, -0.25) is 9.13 Å². The van der Waals surface area contributed by atoms with Crippen molar-refractivity contribution in [3.05, 3.63) is 224 Å². The molecule has 0 saturated carbocycles. The molecule has 290 valence electrons. The summed E-state index contributed by atoms with van der Waals surface area (Å²) in [5.74, 6) is -1.67. The molecule has 9 aromatic carbocycles. The van der Waals surface area contributed by atoms with Gasteiger partial charge in [-0.1, -0.05) is 194 Å². The zero-order valence-electron chi connectivity index (χ0n) is 55.7. The van der Waals surface area contributed by atoms with Crippen molar-refractivity contribution in [2.75, 3.05) is 0 Å². The minimum atomic E-state index is -0.865. The van der Waals surface area contributed by atoms with E-state index in [0.29, 0.717) is 5.56 Å². The van der Waals surface area contributed by atoms with Crippen LogP contribution < -0.4 is 0 Å². The molecule has 0 aliphatic heterocycles. The van der Waals surface area contributed by atoms with Crippen molar-refractivity contribution in [3.63, 3.8) is 0 Å². The van der Waals surface area contributed by atoms with E-state index < -0.39 is 223 Å². The van der Waals surface area contributed by atoms with Crippen LogP contribution in [-0.4, -0.2) is 24.1 Å². The molecule has 0 saturated heterocycles. The third-order valence-electron chi connectivity index (χ3n) is 10.3. The van der Waals surface area contributed by atoms with Gasteiger partial charge in [-0.2, -0.15) is 15.0 Å². The molecular weight excluding hydrogens is 755 g/mol. The van der Waals surface area contributed by atoms with Gasteiger partial charge >= 0.3 is 0 Å². The highest BCUT2D eigenvalue weighted by molar-refractivity contribution is 6.11. The van der Waals surface area contributed by atoms with Crippen LogP contribution in [0.5, 0.6) is 0 Å². The van der Waals surface area contributed by atoms with E-state index >= 15 is 0 Å². The third-order valence-corrected chi connectivity index (χ3v) is 10.3. The van der Waals surface area contributed by atoms with Crippen molar-refractivity contribution in [1.29, 1.82) is 0 Å². The minimum Gasteiger partial charge on any atom is -0.278 e. The average molecular weight is 816 g/mol. The van der Waals surface area contributed by atoms with Gasteiger partial charge < -0.3 is 0 Å². The monoisotopic (exact) mass is 815 g/mol. The van der Waals surface area contributed by atoms with Gasteiger partial charge in [0.25, 0.3) is 0 Å². The van der Waals surface area contributed by atoms with Crippen molar-refractivity contribution in [1.82, 2.24) is 24.1 Å². The Morgan fingerprint density at radius 3 is 1.27 bits per heavy atom. The standard InChI is InChI=1S/C57H37N5/c1-4-15-38(16-5-1)43-21-14-22-44(35-43)41-27-29-42(30-28-41)55-58-56(61-51-25-12-10-23-47(51)49-33-31-45(36-53(49)61)39-17-6-2-7-18-39)60-57(59-55)62-52-26-13-11-24-48(52)50-34-32-46(37-54(50)62)40-19-8-3-9-20-40/h1-37H/i2D,3D,6D,7D,8D,9D,10D,11D,12D,13D,17D,18D,19D,20D,23D,24D,25D,26D,31D,32D,33D,34D,36D,37D. The summed E-state index contributed by atoms with van der Waals surface area (Å²) in [6.45, 7) is 0. The van der Waals surface area contributed by atoms with Crippen LogP contribution in [0.4, 0.5) is 0 Å². The Balaban J connectivity index is 1.27. The Bertz CT molecular complexity index is 4740. The molecule has 0 aliphatic carbocycles. The first kappa shape index (κ1) is 18.9. The lowest BCUT2D eigenvalue weighted by Gasteiger charge is -2.13. The Labute approximate surface area is 392 Å². The molecule has 12 aromatic rings. The summed E-state index contributed by atoms with van der Waals surface area (Å²) in [4.78, 5) is 14.5. The third kappa shape index (κ3) is 6.06. The summed E-state index contributed by atoms with van der Waals surface area (Å²) in [7, 11) is 0. The van der Waals surface area contributed by atoms with Crippen LogP contribution in [0, 0.1) is 0 Å². The molecular formula is C57H37N5. The van der Waals surface area contributed by atoms with Gasteiger partial charge in [0.2, 0.25) is 11.9 Å². The summed E-state index contributed by atoms with van der Waals surface area (Å²) in [6.07, 6.45) is 0. The molecule has 0 fully saturated rings. The molecule has 62 heavy (non-hydrogen) atoms.